The Morgan fingerprint density at radius 2 is 1.76 bits per heavy atom. The summed E-state index contributed by atoms with van der Waals surface area (Å²) < 4.78 is 0. The first-order chi connectivity index (χ1) is 8.24. The molecule has 0 N–H and O–H groups in total. The number of hydrogen-bond acceptors (Lipinski definition) is 0. The second-order valence-electron chi connectivity index (χ2n) is 5.39. The molecular formula is C17H18. The molecule has 0 saturated heterocycles. The van der Waals surface area contributed by atoms with Crippen LogP contribution in [0.5, 0.6) is 0 Å². The van der Waals surface area contributed by atoms with Gasteiger partial charge in [-0.25, -0.2) is 0 Å². The van der Waals surface area contributed by atoms with E-state index < -0.39 is 0 Å². The van der Waals surface area contributed by atoms with Crippen LogP contribution in [0.2, 0.25) is 0 Å². The van der Waals surface area contributed by atoms with Gasteiger partial charge in [-0.15, -0.1) is 0 Å². The first-order valence-corrected chi connectivity index (χ1v) is 6.45. The third-order valence-corrected chi connectivity index (χ3v) is 3.51. The van der Waals surface area contributed by atoms with Gasteiger partial charge in [0, 0.05) is 0 Å². The largest absolute Gasteiger partial charge is 0.0763 e. The quantitative estimate of drug-likeness (QED) is 0.683. The molecule has 0 nitrogen and oxygen atoms in total. The van der Waals surface area contributed by atoms with Crippen molar-refractivity contribution in [3.05, 3.63) is 53.6 Å². The van der Waals surface area contributed by atoms with Crippen molar-refractivity contribution < 1.29 is 0 Å². The van der Waals surface area contributed by atoms with E-state index >= 15 is 0 Å². The maximum absolute atomic E-state index is 2.41. The van der Waals surface area contributed by atoms with Crippen molar-refractivity contribution in [2.45, 2.75) is 26.7 Å². The molecule has 0 fully saturated rings. The number of rotatable bonds is 2. The summed E-state index contributed by atoms with van der Waals surface area (Å²) in [6, 6.07) is 13.4. The minimum atomic E-state index is 0.735. The monoisotopic (exact) mass is 222 g/mol. The van der Waals surface area contributed by atoms with Crippen molar-refractivity contribution >= 4 is 16.3 Å². The Balaban J connectivity index is 2.09. The van der Waals surface area contributed by atoms with E-state index in [1.807, 2.05) is 0 Å². The molecule has 0 saturated carbocycles. The third-order valence-electron chi connectivity index (χ3n) is 3.51. The minimum absolute atomic E-state index is 0.735. The summed E-state index contributed by atoms with van der Waals surface area (Å²) in [6.45, 7) is 4.58. The van der Waals surface area contributed by atoms with E-state index in [1.165, 1.54) is 28.3 Å². The van der Waals surface area contributed by atoms with E-state index in [4.69, 9.17) is 0 Å². The van der Waals surface area contributed by atoms with Crippen molar-refractivity contribution in [2.75, 3.05) is 0 Å². The Hall–Kier alpha value is -1.56. The van der Waals surface area contributed by atoms with Gasteiger partial charge in [0.15, 0.2) is 0 Å². The van der Waals surface area contributed by atoms with Gasteiger partial charge in [0.1, 0.15) is 0 Å². The van der Waals surface area contributed by atoms with Crippen LogP contribution < -0.4 is 0 Å². The summed E-state index contributed by atoms with van der Waals surface area (Å²) >= 11 is 0. The van der Waals surface area contributed by atoms with Crippen LogP contribution in [0.1, 0.15) is 31.4 Å². The molecule has 2 aromatic rings. The summed E-state index contributed by atoms with van der Waals surface area (Å²) in [5.41, 5.74) is 4.53. The zero-order valence-electron chi connectivity index (χ0n) is 10.5. The molecule has 17 heavy (non-hydrogen) atoms. The fraction of sp³-hybridized carbons (Fsp3) is 0.294. The van der Waals surface area contributed by atoms with Crippen LogP contribution in [0.25, 0.3) is 16.3 Å². The van der Waals surface area contributed by atoms with Crippen molar-refractivity contribution in [1.82, 2.24) is 0 Å². The Labute approximate surface area is 103 Å². The fourth-order valence-electron chi connectivity index (χ4n) is 2.73. The average molecular weight is 222 g/mol. The van der Waals surface area contributed by atoms with Crippen molar-refractivity contribution in [1.29, 1.82) is 0 Å². The summed E-state index contributed by atoms with van der Waals surface area (Å²) in [5, 5.41) is 2.73. The van der Waals surface area contributed by atoms with Gasteiger partial charge in [-0.05, 0) is 52.3 Å². The van der Waals surface area contributed by atoms with Crippen LogP contribution in [0, 0.1) is 5.92 Å². The molecule has 0 heteroatoms. The molecule has 0 unspecified atom stereocenters. The fourth-order valence-corrected chi connectivity index (χ4v) is 2.73. The second kappa shape index (κ2) is 4.03. The van der Waals surface area contributed by atoms with E-state index in [2.05, 4.69) is 56.3 Å². The van der Waals surface area contributed by atoms with Gasteiger partial charge in [-0.1, -0.05) is 50.3 Å². The molecule has 0 heterocycles. The minimum Gasteiger partial charge on any atom is -0.0763 e. The van der Waals surface area contributed by atoms with Gasteiger partial charge in [0.05, 0.1) is 0 Å². The number of benzene rings is 2. The van der Waals surface area contributed by atoms with Gasteiger partial charge >= 0.3 is 0 Å². The van der Waals surface area contributed by atoms with Gasteiger partial charge in [-0.2, -0.15) is 0 Å². The first-order valence-electron chi connectivity index (χ1n) is 6.45. The van der Waals surface area contributed by atoms with Crippen LogP contribution in [-0.4, -0.2) is 0 Å². The zero-order chi connectivity index (χ0) is 11.8. The molecule has 0 radical (unpaired) electrons. The van der Waals surface area contributed by atoms with E-state index in [0.717, 1.165) is 12.3 Å². The van der Waals surface area contributed by atoms with Gasteiger partial charge < -0.3 is 0 Å². The summed E-state index contributed by atoms with van der Waals surface area (Å²) in [7, 11) is 0. The van der Waals surface area contributed by atoms with Crippen LogP contribution >= 0.6 is 0 Å². The molecule has 0 aliphatic heterocycles. The molecule has 0 amide bonds. The standard InChI is InChI=1S/C17H18/c1-12(2)9-15-7-8-16-10-13-5-3-4-6-14(13)11-17(15)16/h3-7,10-12H,8-9H2,1-2H3. The lowest BCUT2D eigenvalue weighted by molar-refractivity contribution is 0.674. The molecular weight excluding hydrogens is 204 g/mol. The molecule has 0 aromatic heterocycles. The van der Waals surface area contributed by atoms with Crippen molar-refractivity contribution in [2.24, 2.45) is 5.92 Å². The first kappa shape index (κ1) is 10.6. The number of hydrogen-bond donors (Lipinski definition) is 0. The third kappa shape index (κ3) is 1.88. The Bertz CT molecular complexity index is 588. The number of allylic oxidation sites excluding steroid dienone is 2. The summed E-state index contributed by atoms with van der Waals surface area (Å²) in [5.74, 6) is 0.735. The van der Waals surface area contributed by atoms with E-state index in [1.54, 1.807) is 5.57 Å². The van der Waals surface area contributed by atoms with Crippen molar-refractivity contribution in [3.8, 4) is 0 Å². The molecule has 2 aromatic carbocycles. The van der Waals surface area contributed by atoms with Gasteiger partial charge in [0.2, 0.25) is 0 Å². The van der Waals surface area contributed by atoms with Crippen molar-refractivity contribution in [3.63, 3.8) is 0 Å². The predicted molar refractivity (Wildman–Crippen MR) is 75.1 cm³/mol. The van der Waals surface area contributed by atoms with Crippen LogP contribution in [0.15, 0.2) is 42.5 Å². The summed E-state index contributed by atoms with van der Waals surface area (Å²) in [4.78, 5) is 0. The lowest BCUT2D eigenvalue weighted by Gasteiger charge is -2.10. The lowest BCUT2D eigenvalue weighted by atomic mass is 9.95. The van der Waals surface area contributed by atoms with Crippen LogP contribution in [0.3, 0.4) is 0 Å². The van der Waals surface area contributed by atoms with Crippen LogP contribution in [0.4, 0.5) is 0 Å². The SMILES string of the molecule is CC(C)CC1=CCc2cc3ccccc3cc21. The molecule has 3 rings (SSSR count). The van der Waals surface area contributed by atoms with Gasteiger partial charge in [0.25, 0.3) is 0 Å². The second-order valence-corrected chi connectivity index (χ2v) is 5.39. The molecule has 0 atom stereocenters. The highest BCUT2D eigenvalue weighted by Crippen LogP contribution is 2.34. The normalized spacial score (nSPS) is 14.2. The topological polar surface area (TPSA) is 0 Å². The smallest absolute Gasteiger partial charge is 0.00851 e. The van der Waals surface area contributed by atoms with Gasteiger partial charge in [-0.3, -0.25) is 0 Å². The highest BCUT2D eigenvalue weighted by atomic mass is 14.2. The molecule has 0 bridgehead atoms. The highest BCUT2D eigenvalue weighted by molar-refractivity contribution is 5.89. The molecule has 1 aliphatic rings. The lowest BCUT2D eigenvalue weighted by Crippen LogP contribution is -1.91. The average Bonchev–Trinajstić information content (AvgIpc) is 2.68. The maximum atomic E-state index is 2.41. The predicted octanol–water partition coefficient (Wildman–Crippen LogP) is 4.83. The summed E-state index contributed by atoms with van der Waals surface area (Å²) in [6.07, 6.45) is 4.72. The Morgan fingerprint density at radius 1 is 1.06 bits per heavy atom. The van der Waals surface area contributed by atoms with E-state index in [9.17, 15) is 0 Å². The van der Waals surface area contributed by atoms with E-state index in [0.29, 0.717) is 0 Å². The zero-order valence-corrected chi connectivity index (χ0v) is 10.5. The van der Waals surface area contributed by atoms with E-state index in [-0.39, 0.29) is 0 Å². The maximum Gasteiger partial charge on any atom is -0.00851 e. The highest BCUT2D eigenvalue weighted by Gasteiger charge is 2.15. The Kier molecular flexibility index (Phi) is 2.51. The molecule has 0 spiro atoms. The van der Waals surface area contributed by atoms with Crippen LogP contribution in [-0.2, 0) is 6.42 Å². The molecule has 86 valence electrons. The molecule has 1 aliphatic carbocycles. The Morgan fingerprint density at radius 3 is 2.47 bits per heavy atom. The number of fused-ring (bicyclic) bond motifs is 2.